The molecule has 130 valence electrons. The number of nitrogens with zero attached hydrogens (tertiary/aromatic N) is 5. The highest BCUT2D eigenvalue weighted by molar-refractivity contribution is 5.90. The first kappa shape index (κ1) is 15.9. The average molecular weight is 357 g/mol. The van der Waals surface area contributed by atoms with E-state index in [0.29, 0.717) is 11.3 Å². The summed E-state index contributed by atoms with van der Waals surface area (Å²) in [5.74, 6) is 0.428. The maximum atomic E-state index is 13.2. The highest BCUT2D eigenvalue weighted by Gasteiger charge is 2.34. The van der Waals surface area contributed by atoms with E-state index in [-0.39, 0.29) is 17.3 Å². The number of pyridine rings is 1. The Labute approximate surface area is 144 Å². The molecular weight excluding hydrogens is 347 g/mol. The number of H-pyrrole nitrogens is 1. The van der Waals surface area contributed by atoms with Crippen LogP contribution in [0.1, 0.15) is 5.56 Å². The van der Waals surface area contributed by atoms with Crippen LogP contribution in [0.5, 0.6) is 0 Å². The van der Waals surface area contributed by atoms with Crippen LogP contribution < -0.4 is 5.32 Å². The fourth-order valence-electron chi connectivity index (χ4n) is 2.48. The first-order valence-electron chi connectivity index (χ1n) is 7.43. The number of benzene rings is 1. The quantitative estimate of drug-likeness (QED) is 0.582. The molecule has 0 aliphatic heterocycles. The lowest BCUT2D eigenvalue weighted by Crippen LogP contribution is -2.09. The van der Waals surface area contributed by atoms with Crippen molar-refractivity contribution in [2.24, 2.45) is 0 Å². The summed E-state index contributed by atoms with van der Waals surface area (Å²) in [5, 5.41) is 10.5. The highest BCUT2D eigenvalue weighted by Crippen LogP contribution is 2.35. The van der Waals surface area contributed by atoms with Crippen LogP contribution in [0, 0.1) is 0 Å². The zero-order chi connectivity index (χ0) is 18.1. The van der Waals surface area contributed by atoms with Crippen molar-refractivity contribution in [1.82, 2.24) is 30.1 Å². The number of fused-ring (bicyclic) bond motifs is 1. The minimum absolute atomic E-state index is 0.0807. The molecule has 4 rings (SSSR count). The molecule has 26 heavy (non-hydrogen) atoms. The van der Waals surface area contributed by atoms with Crippen LogP contribution in [0.3, 0.4) is 0 Å². The van der Waals surface area contributed by atoms with E-state index in [9.17, 15) is 13.2 Å². The van der Waals surface area contributed by atoms with Crippen molar-refractivity contribution in [3.8, 4) is 11.4 Å². The number of alkyl halides is 3. The van der Waals surface area contributed by atoms with Crippen molar-refractivity contribution in [2.75, 3.05) is 5.32 Å². The van der Waals surface area contributed by atoms with Crippen molar-refractivity contribution >= 4 is 22.7 Å². The van der Waals surface area contributed by atoms with Crippen molar-refractivity contribution in [3.05, 3.63) is 54.6 Å². The Balaban J connectivity index is 1.72. The Bertz CT molecular complexity index is 1070. The van der Waals surface area contributed by atoms with Gasteiger partial charge in [-0.2, -0.15) is 23.3 Å². The van der Waals surface area contributed by atoms with E-state index < -0.39 is 11.7 Å². The third kappa shape index (κ3) is 2.92. The van der Waals surface area contributed by atoms with Gasteiger partial charge in [-0.1, -0.05) is 18.2 Å². The summed E-state index contributed by atoms with van der Waals surface area (Å²) in [6.45, 7) is 0. The minimum atomic E-state index is -4.51. The van der Waals surface area contributed by atoms with Crippen molar-refractivity contribution < 1.29 is 13.2 Å². The Kier molecular flexibility index (Phi) is 3.72. The molecule has 2 N–H and O–H groups in total. The second-order valence-electron chi connectivity index (χ2n) is 5.29. The zero-order valence-corrected chi connectivity index (χ0v) is 13.0. The molecule has 7 nitrogen and oxygen atoms in total. The molecule has 0 fully saturated rings. The molecule has 3 aromatic heterocycles. The van der Waals surface area contributed by atoms with Crippen LogP contribution in [0.15, 0.2) is 49.1 Å². The molecule has 0 bridgehead atoms. The molecule has 0 saturated carbocycles. The van der Waals surface area contributed by atoms with E-state index in [0.717, 1.165) is 17.8 Å². The Hall–Kier alpha value is -3.56. The number of hydrogen-bond acceptors (Lipinski definition) is 6. The molecule has 0 aliphatic rings. The van der Waals surface area contributed by atoms with Crippen LogP contribution in [0.2, 0.25) is 0 Å². The van der Waals surface area contributed by atoms with E-state index in [1.54, 1.807) is 18.5 Å². The third-order valence-corrected chi connectivity index (χ3v) is 3.64. The Morgan fingerprint density at radius 1 is 1.04 bits per heavy atom. The highest BCUT2D eigenvalue weighted by atomic mass is 19.4. The number of aromatic amines is 1. The molecule has 0 spiro atoms. The third-order valence-electron chi connectivity index (χ3n) is 3.64. The maximum Gasteiger partial charge on any atom is 0.417 e. The number of nitrogens with one attached hydrogen (secondary N) is 2. The number of anilines is 2. The zero-order valence-electron chi connectivity index (χ0n) is 13.0. The molecule has 4 aromatic rings. The molecule has 0 saturated heterocycles. The predicted octanol–water partition coefficient (Wildman–Crippen LogP) is 3.57. The SMILES string of the molecule is FC(F)(F)c1ccccc1-c1ncnc(Nc2n[nH]c3cnccc23)n1. The molecule has 10 heteroatoms. The van der Waals surface area contributed by atoms with Gasteiger partial charge in [0.1, 0.15) is 6.33 Å². The lowest BCUT2D eigenvalue weighted by atomic mass is 10.1. The molecule has 0 amide bonds. The van der Waals surface area contributed by atoms with E-state index in [2.05, 4.69) is 35.5 Å². The van der Waals surface area contributed by atoms with Gasteiger partial charge in [0.25, 0.3) is 0 Å². The van der Waals surface area contributed by atoms with Gasteiger partial charge in [0.15, 0.2) is 11.6 Å². The van der Waals surface area contributed by atoms with Gasteiger partial charge in [-0.15, -0.1) is 0 Å². The van der Waals surface area contributed by atoms with Crippen LogP contribution in [0.25, 0.3) is 22.3 Å². The van der Waals surface area contributed by atoms with E-state index in [4.69, 9.17) is 0 Å². The molecular formula is C16H10F3N7. The molecule has 0 atom stereocenters. The van der Waals surface area contributed by atoms with Gasteiger partial charge in [-0.25, -0.2) is 9.97 Å². The smallest absolute Gasteiger partial charge is 0.307 e. The second kappa shape index (κ2) is 6.06. The van der Waals surface area contributed by atoms with Gasteiger partial charge in [0, 0.05) is 17.1 Å². The van der Waals surface area contributed by atoms with Crippen LogP contribution in [-0.4, -0.2) is 30.1 Å². The Morgan fingerprint density at radius 3 is 2.73 bits per heavy atom. The standard InChI is InChI=1S/C16H10F3N7/c17-16(18,19)11-4-2-1-3-9(11)13-21-8-22-15(23-13)24-14-10-5-6-20-7-12(10)25-26-14/h1-8H,(H2,21,22,23,24,25,26). The average Bonchev–Trinajstić information content (AvgIpc) is 3.04. The normalized spacial score (nSPS) is 11.7. The molecule has 0 radical (unpaired) electrons. The van der Waals surface area contributed by atoms with Crippen LogP contribution in [-0.2, 0) is 6.18 Å². The lowest BCUT2D eigenvalue weighted by Gasteiger charge is -2.11. The largest absolute Gasteiger partial charge is 0.417 e. The van der Waals surface area contributed by atoms with E-state index in [1.807, 2.05) is 0 Å². The van der Waals surface area contributed by atoms with Gasteiger partial charge < -0.3 is 5.32 Å². The summed E-state index contributed by atoms with van der Waals surface area (Å²) >= 11 is 0. The van der Waals surface area contributed by atoms with Crippen LogP contribution in [0.4, 0.5) is 24.9 Å². The van der Waals surface area contributed by atoms with Gasteiger partial charge in [0.05, 0.1) is 17.3 Å². The van der Waals surface area contributed by atoms with Gasteiger partial charge >= 0.3 is 6.18 Å². The minimum Gasteiger partial charge on any atom is -0.307 e. The predicted molar refractivity (Wildman–Crippen MR) is 87.4 cm³/mol. The summed E-state index contributed by atoms with van der Waals surface area (Å²) in [5.41, 5.74) is -0.235. The van der Waals surface area contributed by atoms with Crippen LogP contribution >= 0.6 is 0 Å². The number of aromatic nitrogens is 6. The number of hydrogen-bond donors (Lipinski definition) is 2. The van der Waals surface area contributed by atoms with E-state index in [1.165, 1.54) is 18.2 Å². The monoisotopic (exact) mass is 357 g/mol. The topological polar surface area (TPSA) is 92.3 Å². The summed E-state index contributed by atoms with van der Waals surface area (Å²) < 4.78 is 39.6. The molecule has 0 unspecified atom stereocenters. The summed E-state index contributed by atoms with van der Waals surface area (Å²) in [6.07, 6.45) is -0.163. The van der Waals surface area contributed by atoms with Gasteiger partial charge in [0.2, 0.25) is 5.95 Å². The lowest BCUT2D eigenvalue weighted by molar-refractivity contribution is -0.137. The summed E-state index contributed by atoms with van der Waals surface area (Å²) in [7, 11) is 0. The summed E-state index contributed by atoms with van der Waals surface area (Å²) in [4.78, 5) is 15.9. The first-order chi connectivity index (χ1) is 12.5. The fraction of sp³-hybridized carbons (Fsp3) is 0.0625. The first-order valence-corrected chi connectivity index (χ1v) is 7.43. The maximum absolute atomic E-state index is 13.2. The van der Waals surface area contributed by atoms with Crippen molar-refractivity contribution in [3.63, 3.8) is 0 Å². The Morgan fingerprint density at radius 2 is 1.88 bits per heavy atom. The van der Waals surface area contributed by atoms with Gasteiger partial charge in [-0.05, 0) is 12.1 Å². The van der Waals surface area contributed by atoms with E-state index >= 15 is 0 Å². The molecule has 3 heterocycles. The summed E-state index contributed by atoms with van der Waals surface area (Å²) in [6, 6.07) is 6.85. The van der Waals surface area contributed by atoms with Crippen molar-refractivity contribution in [2.45, 2.75) is 6.18 Å². The van der Waals surface area contributed by atoms with Crippen molar-refractivity contribution in [1.29, 1.82) is 0 Å². The fourth-order valence-corrected chi connectivity index (χ4v) is 2.48. The van der Waals surface area contributed by atoms with Gasteiger partial charge in [-0.3, -0.25) is 10.1 Å². The second-order valence-corrected chi connectivity index (χ2v) is 5.29. The molecule has 0 aliphatic carbocycles. The number of halogens is 3. The number of rotatable bonds is 3. The molecule has 1 aromatic carbocycles.